The van der Waals surface area contributed by atoms with Gasteiger partial charge in [0, 0.05) is 12.3 Å². The molecule has 0 aromatic heterocycles. The fraction of sp³-hybridized carbons (Fsp3) is 0.100. The van der Waals surface area contributed by atoms with Crippen molar-refractivity contribution >= 4 is 17.2 Å². The topological polar surface area (TPSA) is 84.8 Å². The first kappa shape index (κ1) is 10.2. The van der Waals surface area contributed by atoms with Crippen LogP contribution >= 0.6 is 0 Å². The van der Waals surface area contributed by atoms with Crippen LogP contribution in [0.25, 0.3) is 0 Å². The van der Waals surface area contributed by atoms with E-state index < -0.39 is 4.92 Å². The van der Waals surface area contributed by atoms with Crippen molar-refractivity contribution in [1.82, 2.24) is 0 Å². The number of hydrogen-bond acceptors (Lipinski definition) is 5. The lowest BCUT2D eigenvalue weighted by atomic mass is 10.2. The molecule has 2 rings (SSSR count). The molecule has 0 fully saturated rings. The maximum atomic E-state index is 10.8. The SMILES string of the molecule is NC1=NCN(c2ccccc2[N+](=O)[O-])C=C1. The van der Waals surface area contributed by atoms with Crippen LogP contribution in [-0.2, 0) is 0 Å². The molecule has 1 aliphatic rings. The summed E-state index contributed by atoms with van der Waals surface area (Å²) in [4.78, 5) is 16.1. The number of benzene rings is 1. The maximum absolute atomic E-state index is 10.8. The zero-order chi connectivity index (χ0) is 11.5. The van der Waals surface area contributed by atoms with E-state index in [0.717, 1.165) is 0 Å². The average molecular weight is 218 g/mol. The van der Waals surface area contributed by atoms with Crippen molar-refractivity contribution < 1.29 is 4.92 Å². The summed E-state index contributed by atoms with van der Waals surface area (Å²) in [5, 5.41) is 10.8. The van der Waals surface area contributed by atoms with Gasteiger partial charge in [-0.15, -0.1) is 0 Å². The summed E-state index contributed by atoms with van der Waals surface area (Å²) in [6.45, 7) is 0.299. The largest absolute Gasteiger partial charge is 0.384 e. The van der Waals surface area contributed by atoms with E-state index in [0.29, 0.717) is 18.2 Å². The van der Waals surface area contributed by atoms with E-state index in [1.807, 2.05) is 0 Å². The van der Waals surface area contributed by atoms with Crippen LogP contribution < -0.4 is 10.6 Å². The average Bonchev–Trinajstić information content (AvgIpc) is 2.30. The molecule has 0 unspecified atom stereocenters. The minimum absolute atomic E-state index is 0.0582. The van der Waals surface area contributed by atoms with Crippen molar-refractivity contribution in [2.24, 2.45) is 10.7 Å². The second-order valence-electron chi connectivity index (χ2n) is 3.26. The monoisotopic (exact) mass is 218 g/mol. The zero-order valence-corrected chi connectivity index (χ0v) is 8.41. The van der Waals surface area contributed by atoms with Crippen molar-refractivity contribution in [3.63, 3.8) is 0 Å². The van der Waals surface area contributed by atoms with Gasteiger partial charge in [0.25, 0.3) is 5.69 Å². The smallest absolute Gasteiger partial charge is 0.292 e. The molecule has 1 heterocycles. The van der Waals surface area contributed by atoms with Gasteiger partial charge in [0.1, 0.15) is 18.2 Å². The summed E-state index contributed by atoms with van der Waals surface area (Å²) in [6, 6.07) is 6.52. The first-order chi connectivity index (χ1) is 7.68. The van der Waals surface area contributed by atoms with Gasteiger partial charge < -0.3 is 10.6 Å². The lowest BCUT2D eigenvalue weighted by molar-refractivity contribution is -0.384. The van der Waals surface area contributed by atoms with Gasteiger partial charge >= 0.3 is 0 Å². The summed E-state index contributed by atoms with van der Waals surface area (Å²) < 4.78 is 0. The molecule has 0 radical (unpaired) electrons. The second-order valence-corrected chi connectivity index (χ2v) is 3.26. The van der Waals surface area contributed by atoms with Gasteiger partial charge in [-0.3, -0.25) is 10.1 Å². The second kappa shape index (κ2) is 4.01. The molecule has 0 aliphatic carbocycles. The van der Waals surface area contributed by atoms with Gasteiger partial charge in [-0.25, -0.2) is 4.99 Å². The van der Waals surface area contributed by atoms with E-state index in [4.69, 9.17) is 5.73 Å². The van der Waals surface area contributed by atoms with Crippen LogP contribution in [0.4, 0.5) is 11.4 Å². The number of nitro benzene ring substituents is 1. The Morgan fingerprint density at radius 3 is 2.81 bits per heavy atom. The first-order valence-corrected chi connectivity index (χ1v) is 4.66. The number of nitrogens with zero attached hydrogens (tertiary/aromatic N) is 3. The van der Waals surface area contributed by atoms with E-state index in [1.165, 1.54) is 6.07 Å². The van der Waals surface area contributed by atoms with Gasteiger partial charge in [-0.1, -0.05) is 12.1 Å². The van der Waals surface area contributed by atoms with Gasteiger partial charge in [0.05, 0.1) is 4.92 Å². The molecule has 1 aromatic rings. The molecular formula is C10H10N4O2. The number of anilines is 1. The molecule has 0 bridgehead atoms. The summed E-state index contributed by atoms with van der Waals surface area (Å²) in [6.07, 6.45) is 3.30. The van der Waals surface area contributed by atoms with E-state index >= 15 is 0 Å². The Labute approximate surface area is 91.8 Å². The third-order valence-corrected chi connectivity index (χ3v) is 2.22. The predicted octanol–water partition coefficient (Wildman–Crippen LogP) is 1.24. The molecular weight excluding hydrogens is 208 g/mol. The number of nitrogens with two attached hydrogens (primary N) is 1. The quantitative estimate of drug-likeness (QED) is 0.597. The van der Waals surface area contributed by atoms with Crippen LogP contribution in [0.2, 0.25) is 0 Å². The minimum Gasteiger partial charge on any atom is -0.384 e. The third-order valence-electron chi connectivity index (χ3n) is 2.22. The van der Waals surface area contributed by atoms with Crippen molar-refractivity contribution in [3.8, 4) is 0 Å². The van der Waals surface area contributed by atoms with E-state index in [-0.39, 0.29) is 5.69 Å². The molecule has 82 valence electrons. The van der Waals surface area contributed by atoms with Gasteiger partial charge in [0.15, 0.2) is 0 Å². The fourth-order valence-electron chi connectivity index (χ4n) is 1.44. The van der Waals surface area contributed by atoms with Crippen LogP contribution in [0.3, 0.4) is 0 Å². The van der Waals surface area contributed by atoms with Gasteiger partial charge in [-0.2, -0.15) is 0 Å². The summed E-state index contributed by atoms with van der Waals surface area (Å²) in [5.74, 6) is 0.426. The number of hydrogen-bond donors (Lipinski definition) is 1. The zero-order valence-electron chi connectivity index (χ0n) is 8.41. The number of nitro groups is 1. The highest BCUT2D eigenvalue weighted by molar-refractivity contribution is 5.93. The predicted molar refractivity (Wildman–Crippen MR) is 61.2 cm³/mol. The number of aliphatic imine (C=N–C) groups is 1. The van der Waals surface area contributed by atoms with E-state index in [9.17, 15) is 10.1 Å². The summed E-state index contributed by atoms with van der Waals surface area (Å²) >= 11 is 0. The fourth-order valence-corrected chi connectivity index (χ4v) is 1.44. The van der Waals surface area contributed by atoms with Crippen LogP contribution in [0.5, 0.6) is 0 Å². The van der Waals surface area contributed by atoms with Crippen LogP contribution in [0, 0.1) is 10.1 Å². The third kappa shape index (κ3) is 1.85. The Morgan fingerprint density at radius 2 is 2.19 bits per heavy atom. The van der Waals surface area contributed by atoms with Crippen LogP contribution in [0.1, 0.15) is 0 Å². The molecule has 2 N–H and O–H groups in total. The molecule has 6 heteroatoms. The summed E-state index contributed by atoms with van der Waals surface area (Å²) in [7, 11) is 0. The van der Waals surface area contributed by atoms with Crippen LogP contribution in [0.15, 0.2) is 41.5 Å². The van der Waals surface area contributed by atoms with E-state index in [1.54, 1.807) is 35.4 Å². The highest BCUT2D eigenvalue weighted by Crippen LogP contribution is 2.28. The summed E-state index contributed by atoms with van der Waals surface area (Å²) in [5.41, 5.74) is 6.05. The Balaban J connectivity index is 2.35. The molecule has 0 saturated carbocycles. The highest BCUT2D eigenvalue weighted by Gasteiger charge is 2.17. The number of amidine groups is 1. The molecule has 0 atom stereocenters. The van der Waals surface area contributed by atoms with Crippen molar-refractivity contribution in [1.29, 1.82) is 0 Å². The molecule has 6 nitrogen and oxygen atoms in total. The van der Waals surface area contributed by atoms with Crippen molar-refractivity contribution in [2.45, 2.75) is 0 Å². The Morgan fingerprint density at radius 1 is 1.44 bits per heavy atom. The van der Waals surface area contributed by atoms with E-state index in [2.05, 4.69) is 4.99 Å². The molecule has 0 amide bonds. The normalized spacial score (nSPS) is 14.8. The van der Waals surface area contributed by atoms with Gasteiger partial charge in [0.2, 0.25) is 0 Å². The molecule has 1 aromatic carbocycles. The number of para-hydroxylation sites is 2. The maximum Gasteiger partial charge on any atom is 0.292 e. The van der Waals surface area contributed by atoms with Gasteiger partial charge in [-0.05, 0) is 12.1 Å². The molecule has 0 spiro atoms. The minimum atomic E-state index is -0.412. The lowest BCUT2D eigenvalue weighted by Gasteiger charge is -2.20. The molecule has 1 aliphatic heterocycles. The Kier molecular flexibility index (Phi) is 2.55. The van der Waals surface area contributed by atoms with Crippen molar-refractivity contribution in [2.75, 3.05) is 11.6 Å². The Hall–Kier alpha value is -2.37. The lowest BCUT2D eigenvalue weighted by Crippen LogP contribution is -2.25. The highest BCUT2D eigenvalue weighted by atomic mass is 16.6. The van der Waals surface area contributed by atoms with Crippen LogP contribution in [-0.4, -0.2) is 17.4 Å². The Bertz CT molecular complexity index is 481. The number of rotatable bonds is 2. The molecule has 0 saturated heterocycles. The molecule has 16 heavy (non-hydrogen) atoms. The first-order valence-electron chi connectivity index (χ1n) is 4.66. The van der Waals surface area contributed by atoms with Crippen molar-refractivity contribution in [3.05, 3.63) is 46.7 Å². The standard InChI is InChI=1S/C10H10N4O2/c11-10-5-6-13(7-12-10)8-3-1-2-4-9(8)14(15)16/h1-6H,7H2,(H2,11,12).